The van der Waals surface area contributed by atoms with E-state index in [0.29, 0.717) is 13.1 Å². The van der Waals surface area contributed by atoms with Gasteiger partial charge >= 0.3 is 12.0 Å². The highest BCUT2D eigenvalue weighted by Gasteiger charge is 2.20. The summed E-state index contributed by atoms with van der Waals surface area (Å²) in [5.74, 6) is -1.50. The van der Waals surface area contributed by atoms with Gasteiger partial charge in [-0.15, -0.1) is 13.2 Å². The van der Waals surface area contributed by atoms with Crippen molar-refractivity contribution in [3.63, 3.8) is 0 Å². The molecule has 0 radical (unpaired) electrons. The molecule has 0 fully saturated rings. The van der Waals surface area contributed by atoms with E-state index in [4.69, 9.17) is 5.11 Å². The van der Waals surface area contributed by atoms with Crippen LogP contribution in [-0.4, -0.2) is 53.6 Å². The smallest absolute Gasteiger partial charge is 0.320 e. The van der Waals surface area contributed by atoms with Gasteiger partial charge in [0.2, 0.25) is 0 Å². The van der Waals surface area contributed by atoms with E-state index in [1.165, 1.54) is 9.80 Å². The Kier molecular flexibility index (Phi) is 6.70. The van der Waals surface area contributed by atoms with Crippen molar-refractivity contribution in [1.29, 1.82) is 0 Å². The SMILES string of the molecule is C=CCN(CC=C)C(=O)N(C)CC(C)C(=O)O. The van der Waals surface area contributed by atoms with Crippen LogP contribution in [0.3, 0.4) is 0 Å². The Balaban J connectivity index is 4.48. The lowest BCUT2D eigenvalue weighted by Gasteiger charge is -2.27. The third-order valence-corrected chi connectivity index (χ3v) is 2.27. The van der Waals surface area contributed by atoms with Crippen LogP contribution >= 0.6 is 0 Å². The van der Waals surface area contributed by atoms with Crippen molar-refractivity contribution in [1.82, 2.24) is 9.80 Å². The maximum Gasteiger partial charge on any atom is 0.320 e. The van der Waals surface area contributed by atoms with Gasteiger partial charge in [0.05, 0.1) is 5.92 Å². The molecule has 0 aliphatic carbocycles. The first-order valence-corrected chi connectivity index (χ1v) is 5.38. The number of hydrogen-bond donors (Lipinski definition) is 1. The number of nitrogens with zero attached hydrogens (tertiary/aromatic N) is 2. The molecule has 0 saturated heterocycles. The lowest BCUT2D eigenvalue weighted by atomic mass is 10.2. The number of carbonyl (C=O) groups excluding carboxylic acids is 1. The highest BCUT2D eigenvalue weighted by atomic mass is 16.4. The first kappa shape index (κ1) is 15.2. The van der Waals surface area contributed by atoms with Crippen LogP contribution in [0.15, 0.2) is 25.3 Å². The molecule has 1 atom stereocenters. The quantitative estimate of drug-likeness (QED) is 0.685. The van der Waals surface area contributed by atoms with Gasteiger partial charge in [-0.05, 0) is 0 Å². The minimum atomic E-state index is -0.913. The average molecular weight is 240 g/mol. The summed E-state index contributed by atoms with van der Waals surface area (Å²) in [6.45, 7) is 9.72. The molecular formula is C12H20N2O3. The lowest BCUT2D eigenvalue weighted by molar-refractivity contribution is -0.141. The minimum Gasteiger partial charge on any atom is -0.481 e. The molecule has 0 heterocycles. The second-order valence-electron chi connectivity index (χ2n) is 3.88. The Labute approximate surface area is 102 Å². The van der Waals surface area contributed by atoms with Crippen molar-refractivity contribution in [3.05, 3.63) is 25.3 Å². The molecule has 0 bridgehead atoms. The van der Waals surface area contributed by atoms with E-state index >= 15 is 0 Å². The molecule has 17 heavy (non-hydrogen) atoms. The maximum absolute atomic E-state index is 11.9. The van der Waals surface area contributed by atoms with Crippen molar-refractivity contribution in [2.75, 3.05) is 26.7 Å². The van der Waals surface area contributed by atoms with Gasteiger partial charge in [0.25, 0.3) is 0 Å². The van der Waals surface area contributed by atoms with Crippen molar-refractivity contribution in [2.45, 2.75) is 6.92 Å². The van der Waals surface area contributed by atoms with Crippen LogP contribution < -0.4 is 0 Å². The predicted molar refractivity (Wildman–Crippen MR) is 66.8 cm³/mol. The number of aliphatic carboxylic acids is 1. The Hall–Kier alpha value is -1.78. The summed E-state index contributed by atoms with van der Waals surface area (Å²) in [4.78, 5) is 25.6. The standard InChI is InChI=1S/C12H20N2O3/c1-5-7-14(8-6-2)12(17)13(4)9-10(3)11(15)16/h5-6,10H,1-2,7-9H2,3-4H3,(H,15,16). The van der Waals surface area contributed by atoms with Gasteiger partial charge in [-0.2, -0.15) is 0 Å². The first-order chi connectivity index (χ1) is 7.93. The van der Waals surface area contributed by atoms with Crippen molar-refractivity contribution < 1.29 is 14.7 Å². The number of carboxylic acid groups (broad SMARTS) is 1. The summed E-state index contributed by atoms with van der Waals surface area (Å²) >= 11 is 0. The lowest BCUT2D eigenvalue weighted by Crippen LogP contribution is -2.43. The first-order valence-electron chi connectivity index (χ1n) is 5.38. The zero-order valence-corrected chi connectivity index (χ0v) is 10.4. The molecular weight excluding hydrogens is 220 g/mol. The van der Waals surface area contributed by atoms with Crippen molar-refractivity contribution in [3.8, 4) is 0 Å². The Morgan fingerprint density at radius 2 is 1.76 bits per heavy atom. The summed E-state index contributed by atoms with van der Waals surface area (Å²) < 4.78 is 0. The van der Waals surface area contributed by atoms with Crippen LogP contribution in [0, 0.1) is 5.92 Å². The second-order valence-corrected chi connectivity index (χ2v) is 3.88. The van der Waals surface area contributed by atoms with Crippen LogP contribution in [0.2, 0.25) is 0 Å². The molecule has 0 spiro atoms. The summed E-state index contributed by atoms with van der Waals surface area (Å²) in [6.07, 6.45) is 3.24. The highest BCUT2D eigenvalue weighted by Crippen LogP contribution is 2.03. The molecule has 1 N–H and O–H groups in total. The third-order valence-electron chi connectivity index (χ3n) is 2.27. The van der Waals surface area contributed by atoms with E-state index in [0.717, 1.165) is 0 Å². The minimum absolute atomic E-state index is 0.180. The van der Waals surface area contributed by atoms with E-state index < -0.39 is 11.9 Å². The van der Waals surface area contributed by atoms with E-state index in [1.807, 2.05) is 0 Å². The summed E-state index contributed by atoms with van der Waals surface area (Å²) in [7, 11) is 1.58. The fraction of sp³-hybridized carbons (Fsp3) is 0.500. The van der Waals surface area contributed by atoms with Gasteiger partial charge in [0.15, 0.2) is 0 Å². The summed E-state index contributed by atoms with van der Waals surface area (Å²) in [5.41, 5.74) is 0. The van der Waals surface area contributed by atoms with Crippen LogP contribution in [0.4, 0.5) is 4.79 Å². The maximum atomic E-state index is 11.9. The molecule has 0 aromatic heterocycles. The zero-order valence-electron chi connectivity index (χ0n) is 10.4. The molecule has 0 rings (SSSR count). The van der Waals surface area contributed by atoms with Gasteiger partial charge in [-0.3, -0.25) is 4.79 Å². The Bertz CT molecular complexity index is 292. The average Bonchev–Trinajstić information content (AvgIpc) is 2.27. The Morgan fingerprint density at radius 1 is 1.29 bits per heavy atom. The number of hydrogen-bond acceptors (Lipinski definition) is 2. The summed E-state index contributed by atoms with van der Waals surface area (Å²) in [5, 5.41) is 8.77. The molecule has 0 aromatic carbocycles. The number of urea groups is 1. The van der Waals surface area contributed by atoms with Crippen LogP contribution in [0.25, 0.3) is 0 Å². The van der Waals surface area contributed by atoms with Gasteiger partial charge in [-0.1, -0.05) is 19.1 Å². The molecule has 2 amide bonds. The van der Waals surface area contributed by atoms with Gasteiger partial charge in [-0.25, -0.2) is 4.79 Å². The summed E-state index contributed by atoms with van der Waals surface area (Å²) in [6, 6.07) is -0.224. The fourth-order valence-corrected chi connectivity index (χ4v) is 1.35. The Morgan fingerprint density at radius 3 is 2.12 bits per heavy atom. The molecule has 0 aromatic rings. The van der Waals surface area contributed by atoms with Crippen LogP contribution in [0.5, 0.6) is 0 Å². The monoisotopic (exact) mass is 240 g/mol. The van der Waals surface area contributed by atoms with Crippen LogP contribution in [-0.2, 0) is 4.79 Å². The van der Waals surface area contributed by atoms with Crippen molar-refractivity contribution >= 4 is 12.0 Å². The van der Waals surface area contributed by atoms with E-state index in [1.54, 1.807) is 26.1 Å². The molecule has 0 aliphatic heterocycles. The molecule has 5 nitrogen and oxygen atoms in total. The molecule has 96 valence electrons. The molecule has 1 unspecified atom stereocenters. The van der Waals surface area contributed by atoms with E-state index in [2.05, 4.69) is 13.2 Å². The molecule has 0 aliphatic rings. The third kappa shape index (κ3) is 5.19. The van der Waals surface area contributed by atoms with E-state index in [-0.39, 0.29) is 12.6 Å². The normalized spacial score (nSPS) is 11.4. The fourth-order valence-electron chi connectivity index (χ4n) is 1.35. The molecule has 0 saturated carbocycles. The zero-order chi connectivity index (χ0) is 13.4. The number of rotatable bonds is 7. The van der Waals surface area contributed by atoms with Crippen LogP contribution in [0.1, 0.15) is 6.92 Å². The highest BCUT2D eigenvalue weighted by molar-refractivity contribution is 5.76. The molecule has 5 heteroatoms. The van der Waals surface area contributed by atoms with E-state index in [9.17, 15) is 9.59 Å². The predicted octanol–water partition coefficient (Wildman–Crippen LogP) is 1.43. The number of carboxylic acids is 1. The largest absolute Gasteiger partial charge is 0.481 e. The topological polar surface area (TPSA) is 60.9 Å². The van der Waals surface area contributed by atoms with Gasteiger partial charge in [0, 0.05) is 26.7 Å². The van der Waals surface area contributed by atoms with Crippen molar-refractivity contribution in [2.24, 2.45) is 5.92 Å². The number of amides is 2. The van der Waals surface area contributed by atoms with Gasteiger partial charge in [0.1, 0.15) is 0 Å². The van der Waals surface area contributed by atoms with Gasteiger partial charge < -0.3 is 14.9 Å². The second kappa shape index (κ2) is 7.49. The number of carbonyl (C=O) groups is 2.